The molecule has 13 heteroatoms. The molecule has 1 unspecified atom stereocenters. The van der Waals surface area contributed by atoms with Gasteiger partial charge in [-0.05, 0) is 31.9 Å². The fourth-order valence-corrected chi connectivity index (χ4v) is 5.27. The van der Waals surface area contributed by atoms with E-state index in [2.05, 4.69) is 10.3 Å². The number of anilines is 1. The molecule has 1 amide bonds. The molecule has 0 spiro atoms. The third-order valence-corrected chi connectivity index (χ3v) is 7.37. The number of aromatic nitrogens is 1. The van der Waals surface area contributed by atoms with Gasteiger partial charge in [-0.3, -0.25) is 14.9 Å². The smallest absolute Gasteiger partial charge is 0.289 e. The second-order valence-electron chi connectivity index (χ2n) is 6.65. The average Bonchev–Trinajstić information content (AvgIpc) is 3.32. The van der Waals surface area contributed by atoms with Crippen LogP contribution in [0.5, 0.6) is 0 Å². The van der Waals surface area contributed by atoms with Gasteiger partial charge in [0.25, 0.3) is 5.69 Å². The quantitative estimate of drug-likeness (QED) is 0.459. The molecule has 1 N–H and O–H groups in total. The van der Waals surface area contributed by atoms with E-state index >= 15 is 0 Å². The van der Waals surface area contributed by atoms with Crippen molar-refractivity contribution in [1.82, 2.24) is 9.29 Å². The third kappa shape index (κ3) is 5.32. The molecule has 1 atom stereocenters. The molecule has 0 aliphatic carbocycles. The SMILES string of the molecule is Cc1csc(NC(=O)CN(CC2CCCO2)S(=O)(=O)c2ccc(Cl)c([N+](=O)[O-])c2)n1. The zero-order chi connectivity index (χ0) is 21.9. The number of carbonyl (C=O) groups is 1. The molecular weight excluding hydrogens is 456 g/mol. The van der Waals surface area contributed by atoms with Crippen LogP contribution in [0.4, 0.5) is 10.8 Å². The van der Waals surface area contributed by atoms with E-state index in [1.165, 1.54) is 17.4 Å². The first-order valence-corrected chi connectivity index (χ1v) is 11.6. The number of nitro benzene ring substituents is 1. The van der Waals surface area contributed by atoms with Crippen molar-refractivity contribution in [3.8, 4) is 0 Å². The van der Waals surface area contributed by atoms with Crippen LogP contribution in [0.1, 0.15) is 18.5 Å². The molecule has 2 aromatic rings. The van der Waals surface area contributed by atoms with Gasteiger partial charge in [0.15, 0.2) is 5.13 Å². The molecule has 0 radical (unpaired) electrons. The predicted octanol–water partition coefficient (Wildman–Crippen LogP) is 2.82. The van der Waals surface area contributed by atoms with E-state index in [9.17, 15) is 23.3 Å². The first-order chi connectivity index (χ1) is 14.2. The number of amides is 1. The Balaban J connectivity index is 1.87. The van der Waals surface area contributed by atoms with E-state index in [-0.39, 0.29) is 22.6 Å². The molecule has 1 aromatic heterocycles. The van der Waals surface area contributed by atoms with E-state index in [4.69, 9.17) is 16.3 Å². The lowest BCUT2D eigenvalue weighted by Gasteiger charge is -2.24. The van der Waals surface area contributed by atoms with Gasteiger partial charge in [-0.2, -0.15) is 4.31 Å². The van der Waals surface area contributed by atoms with Gasteiger partial charge in [0.2, 0.25) is 15.9 Å². The molecule has 1 aliphatic heterocycles. The number of ether oxygens (including phenoxy) is 1. The maximum absolute atomic E-state index is 13.2. The minimum Gasteiger partial charge on any atom is -0.377 e. The number of hydrogen-bond donors (Lipinski definition) is 1. The van der Waals surface area contributed by atoms with Crippen LogP contribution in [0, 0.1) is 17.0 Å². The Morgan fingerprint density at radius 2 is 2.27 bits per heavy atom. The number of carbonyl (C=O) groups excluding carboxylic acids is 1. The highest BCUT2D eigenvalue weighted by molar-refractivity contribution is 7.89. The van der Waals surface area contributed by atoms with Crippen LogP contribution in [-0.2, 0) is 19.6 Å². The standard InChI is InChI=1S/C17H19ClN4O6S2/c1-11-10-29-17(19-11)20-16(23)9-21(8-12-3-2-6-28-12)30(26,27)13-4-5-14(18)15(7-13)22(24)25/h4-5,7,10,12H,2-3,6,8-9H2,1H3,(H,19,20,23). The molecule has 1 aromatic carbocycles. The van der Waals surface area contributed by atoms with Crippen molar-refractivity contribution in [1.29, 1.82) is 0 Å². The normalized spacial score (nSPS) is 16.7. The number of hydrogen-bond acceptors (Lipinski definition) is 8. The van der Waals surface area contributed by atoms with Crippen LogP contribution in [-0.4, -0.2) is 54.3 Å². The Morgan fingerprint density at radius 3 is 2.87 bits per heavy atom. The first-order valence-electron chi connectivity index (χ1n) is 8.94. The summed E-state index contributed by atoms with van der Waals surface area (Å²) >= 11 is 7.02. The van der Waals surface area contributed by atoms with Crippen LogP contribution in [0.25, 0.3) is 0 Å². The minimum atomic E-state index is -4.23. The van der Waals surface area contributed by atoms with Gasteiger partial charge in [-0.25, -0.2) is 13.4 Å². The lowest BCUT2D eigenvalue weighted by molar-refractivity contribution is -0.384. The molecule has 1 aliphatic rings. The Bertz CT molecular complexity index is 1050. The molecule has 1 fully saturated rings. The fraction of sp³-hybridized carbons (Fsp3) is 0.412. The van der Waals surface area contributed by atoms with Gasteiger partial charge < -0.3 is 10.1 Å². The Kier molecular flexibility index (Phi) is 7.03. The summed E-state index contributed by atoms with van der Waals surface area (Å²) in [6, 6.07) is 3.22. The molecule has 30 heavy (non-hydrogen) atoms. The highest BCUT2D eigenvalue weighted by Gasteiger charge is 2.32. The maximum atomic E-state index is 13.2. The maximum Gasteiger partial charge on any atom is 0.289 e. The highest BCUT2D eigenvalue weighted by atomic mass is 35.5. The molecule has 162 valence electrons. The molecule has 2 heterocycles. The molecule has 0 saturated carbocycles. The summed E-state index contributed by atoms with van der Waals surface area (Å²) in [4.78, 5) is 26.7. The van der Waals surface area contributed by atoms with E-state index < -0.39 is 33.1 Å². The average molecular weight is 475 g/mol. The number of nitro groups is 1. The number of benzene rings is 1. The number of nitrogens with zero attached hydrogens (tertiary/aromatic N) is 3. The third-order valence-electron chi connectivity index (χ3n) is 4.37. The fourth-order valence-electron chi connectivity index (χ4n) is 2.94. The van der Waals surface area contributed by atoms with Crippen molar-refractivity contribution in [3.05, 3.63) is 44.4 Å². The van der Waals surface area contributed by atoms with Crippen molar-refractivity contribution in [3.63, 3.8) is 0 Å². The van der Waals surface area contributed by atoms with Gasteiger partial charge in [-0.1, -0.05) is 11.6 Å². The molecule has 10 nitrogen and oxygen atoms in total. The minimum absolute atomic E-state index is 0.0525. The summed E-state index contributed by atoms with van der Waals surface area (Å²) in [7, 11) is -4.23. The van der Waals surface area contributed by atoms with Gasteiger partial charge >= 0.3 is 0 Å². The summed E-state index contributed by atoms with van der Waals surface area (Å²) in [5.41, 5.74) is 0.199. The van der Waals surface area contributed by atoms with Crippen molar-refractivity contribution < 1.29 is 22.9 Å². The van der Waals surface area contributed by atoms with Gasteiger partial charge in [-0.15, -0.1) is 11.3 Å². The summed E-state index contributed by atoms with van der Waals surface area (Å²) in [5.74, 6) is -0.575. The van der Waals surface area contributed by atoms with Gasteiger partial charge in [0, 0.05) is 24.6 Å². The Morgan fingerprint density at radius 1 is 1.50 bits per heavy atom. The summed E-state index contributed by atoms with van der Waals surface area (Å²) in [6.07, 6.45) is 1.08. The van der Waals surface area contributed by atoms with Crippen LogP contribution in [0.3, 0.4) is 0 Å². The summed E-state index contributed by atoms with van der Waals surface area (Å²) in [5, 5.41) is 15.7. The van der Waals surface area contributed by atoms with E-state index in [1.807, 2.05) is 0 Å². The lowest BCUT2D eigenvalue weighted by Crippen LogP contribution is -2.42. The van der Waals surface area contributed by atoms with Crippen LogP contribution in [0.2, 0.25) is 5.02 Å². The van der Waals surface area contributed by atoms with Crippen molar-refractivity contribution in [2.45, 2.75) is 30.8 Å². The van der Waals surface area contributed by atoms with Crippen LogP contribution < -0.4 is 5.32 Å². The molecule has 0 bridgehead atoms. The zero-order valence-corrected chi connectivity index (χ0v) is 18.3. The number of rotatable bonds is 8. The molecule has 3 rings (SSSR count). The van der Waals surface area contributed by atoms with Crippen LogP contribution in [0.15, 0.2) is 28.5 Å². The Labute approximate surface area is 182 Å². The van der Waals surface area contributed by atoms with Crippen LogP contribution >= 0.6 is 22.9 Å². The van der Waals surface area contributed by atoms with Gasteiger partial charge in [0.05, 0.1) is 28.2 Å². The second kappa shape index (κ2) is 9.35. The number of halogens is 1. The monoisotopic (exact) mass is 474 g/mol. The number of sulfonamides is 1. The predicted molar refractivity (Wildman–Crippen MR) is 111 cm³/mol. The largest absolute Gasteiger partial charge is 0.377 e. The Hall–Kier alpha value is -2.12. The van der Waals surface area contributed by atoms with E-state index in [0.29, 0.717) is 18.2 Å². The van der Waals surface area contributed by atoms with E-state index in [1.54, 1.807) is 12.3 Å². The van der Waals surface area contributed by atoms with Gasteiger partial charge in [0.1, 0.15) is 5.02 Å². The zero-order valence-electron chi connectivity index (χ0n) is 15.9. The topological polar surface area (TPSA) is 132 Å². The van der Waals surface area contributed by atoms with Crippen molar-refractivity contribution in [2.75, 3.05) is 25.0 Å². The number of thiazole rings is 1. The molecular formula is C17H19ClN4O6S2. The van der Waals surface area contributed by atoms with E-state index in [0.717, 1.165) is 28.6 Å². The van der Waals surface area contributed by atoms with Crippen molar-refractivity contribution in [2.24, 2.45) is 0 Å². The summed E-state index contributed by atoms with van der Waals surface area (Å²) in [6.45, 7) is 1.74. The number of nitrogens with one attached hydrogen (secondary N) is 1. The van der Waals surface area contributed by atoms with Crippen molar-refractivity contribution >= 4 is 49.7 Å². The highest BCUT2D eigenvalue weighted by Crippen LogP contribution is 2.29. The summed E-state index contributed by atoms with van der Waals surface area (Å²) < 4.78 is 32.9. The lowest BCUT2D eigenvalue weighted by atomic mass is 10.2. The second-order valence-corrected chi connectivity index (χ2v) is 9.85. The first kappa shape index (κ1) is 22.6. The molecule has 1 saturated heterocycles. The number of aryl methyl sites for hydroxylation is 1.